The molecule has 0 bridgehead atoms. The summed E-state index contributed by atoms with van der Waals surface area (Å²) >= 11 is 0. The van der Waals surface area contributed by atoms with E-state index in [9.17, 15) is 13.2 Å². The van der Waals surface area contributed by atoms with Crippen LogP contribution in [-0.2, 0) is 10.0 Å². The van der Waals surface area contributed by atoms with Crippen LogP contribution in [-0.4, -0.2) is 26.7 Å². The minimum Gasteiger partial charge on any atom is -0.459 e. The molecule has 2 heterocycles. The van der Waals surface area contributed by atoms with Gasteiger partial charge in [0.2, 0.25) is 0 Å². The van der Waals surface area contributed by atoms with E-state index in [4.69, 9.17) is 4.42 Å². The van der Waals surface area contributed by atoms with E-state index < -0.39 is 15.9 Å². The average Bonchev–Trinajstić information content (AvgIpc) is 3.25. The van der Waals surface area contributed by atoms with Crippen molar-refractivity contribution in [1.29, 1.82) is 0 Å². The average molecular weight is 423 g/mol. The van der Waals surface area contributed by atoms with Gasteiger partial charge in [0.15, 0.2) is 11.6 Å². The summed E-state index contributed by atoms with van der Waals surface area (Å²) in [6.45, 7) is 4.58. The van der Waals surface area contributed by atoms with Gasteiger partial charge in [-0.25, -0.2) is 0 Å². The summed E-state index contributed by atoms with van der Waals surface area (Å²) in [7, 11) is -3.94. The Morgan fingerprint density at radius 2 is 1.97 bits per heavy atom. The number of carbonyl (C=O) groups is 1. The lowest BCUT2D eigenvalue weighted by atomic mass is 10.1. The number of nitrogens with one attached hydrogen (secondary N) is 1. The Bertz CT molecular complexity index is 1230. The molecule has 1 amide bonds. The third-order valence-corrected chi connectivity index (χ3v) is 6.01. The first-order chi connectivity index (χ1) is 14.4. The predicted molar refractivity (Wildman–Crippen MR) is 116 cm³/mol. The van der Waals surface area contributed by atoms with Gasteiger partial charge in [-0.1, -0.05) is 30.7 Å². The highest BCUT2D eigenvalue weighted by molar-refractivity contribution is 7.90. The molecule has 1 aromatic heterocycles. The molecule has 4 rings (SSSR count). The number of aryl methyl sites for hydroxylation is 1. The second-order valence-corrected chi connectivity index (χ2v) is 8.60. The second kappa shape index (κ2) is 7.79. The Balaban J connectivity index is 1.76. The highest BCUT2D eigenvalue weighted by Gasteiger charge is 2.31. The van der Waals surface area contributed by atoms with Crippen molar-refractivity contribution in [1.82, 2.24) is 0 Å². The van der Waals surface area contributed by atoms with Crippen molar-refractivity contribution in [3.8, 4) is 0 Å². The molecule has 0 radical (unpaired) electrons. The van der Waals surface area contributed by atoms with E-state index in [2.05, 4.69) is 9.71 Å². The van der Waals surface area contributed by atoms with Crippen LogP contribution < -0.4 is 10.2 Å². The highest BCUT2D eigenvalue weighted by atomic mass is 32.2. The summed E-state index contributed by atoms with van der Waals surface area (Å²) < 4.78 is 35.2. The lowest BCUT2D eigenvalue weighted by Crippen LogP contribution is -2.37. The van der Waals surface area contributed by atoms with Gasteiger partial charge in [0.25, 0.3) is 15.9 Å². The first-order valence-electron chi connectivity index (χ1n) is 9.57. The number of hydrogen-bond donors (Lipinski definition) is 1. The second-order valence-electron chi connectivity index (χ2n) is 7.03. The van der Waals surface area contributed by atoms with Gasteiger partial charge in [0, 0.05) is 17.8 Å². The maximum Gasteiger partial charge on any atom is 0.291 e. The van der Waals surface area contributed by atoms with Crippen molar-refractivity contribution in [2.75, 3.05) is 16.8 Å². The highest BCUT2D eigenvalue weighted by Crippen LogP contribution is 2.35. The van der Waals surface area contributed by atoms with Gasteiger partial charge in [-0.2, -0.15) is 8.42 Å². The first kappa shape index (κ1) is 19.9. The summed E-state index contributed by atoms with van der Waals surface area (Å²) in [6.07, 6.45) is 2.21. The molecule has 1 N–H and O–H groups in total. The molecule has 3 aromatic rings. The monoisotopic (exact) mass is 423 g/mol. The molecule has 8 heteroatoms. The van der Waals surface area contributed by atoms with E-state index in [0.29, 0.717) is 23.8 Å². The molecule has 30 heavy (non-hydrogen) atoms. The van der Waals surface area contributed by atoms with Gasteiger partial charge in [-0.15, -0.1) is 4.40 Å². The molecule has 0 unspecified atom stereocenters. The van der Waals surface area contributed by atoms with Crippen LogP contribution >= 0.6 is 0 Å². The molecule has 1 aliphatic rings. The fraction of sp³-hybridized carbons (Fsp3) is 0.182. The Hall–Kier alpha value is -3.39. The Morgan fingerprint density at radius 3 is 2.67 bits per heavy atom. The Labute approximate surface area is 175 Å². The number of anilines is 2. The zero-order chi connectivity index (χ0) is 21.3. The van der Waals surface area contributed by atoms with Crippen molar-refractivity contribution < 1.29 is 17.6 Å². The summed E-state index contributed by atoms with van der Waals surface area (Å²) in [5.74, 6) is 0.0888. The summed E-state index contributed by atoms with van der Waals surface area (Å²) in [4.78, 5) is 14.2. The van der Waals surface area contributed by atoms with Gasteiger partial charge >= 0.3 is 0 Å². The minimum atomic E-state index is -3.94. The van der Waals surface area contributed by atoms with E-state index >= 15 is 0 Å². The molecule has 7 nitrogen and oxygen atoms in total. The molecule has 0 spiro atoms. The van der Waals surface area contributed by atoms with Crippen molar-refractivity contribution in [2.24, 2.45) is 4.40 Å². The van der Waals surface area contributed by atoms with Crippen molar-refractivity contribution in [3.05, 3.63) is 77.7 Å². The van der Waals surface area contributed by atoms with Crippen molar-refractivity contribution in [3.63, 3.8) is 0 Å². The van der Waals surface area contributed by atoms with Crippen LogP contribution in [0.3, 0.4) is 0 Å². The van der Waals surface area contributed by atoms with Gasteiger partial charge in [-0.3, -0.25) is 4.79 Å². The Morgan fingerprint density at radius 1 is 1.13 bits per heavy atom. The van der Waals surface area contributed by atoms with E-state index in [1.807, 2.05) is 43.0 Å². The molecule has 0 fully saturated rings. The van der Waals surface area contributed by atoms with Crippen LogP contribution in [0.2, 0.25) is 0 Å². The lowest BCUT2D eigenvalue weighted by molar-refractivity contribution is 0.0996. The molecule has 2 aromatic carbocycles. The SMILES string of the molecule is CCCN1C(c2cccc(C)c2)=NS(=O)(=O)c2cc(NC(=O)c3ccco3)ccc21. The molecular formula is C22H21N3O4S. The number of sulfonamides is 1. The molecule has 0 aliphatic carbocycles. The maximum absolute atomic E-state index is 13.0. The third-order valence-electron chi connectivity index (χ3n) is 4.72. The largest absolute Gasteiger partial charge is 0.459 e. The molecule has 0 saturated carbocycles. The summed E-state index contributed by atoms with van der Waals surface area (Å²) in [6, 6.07) is 15.6. The molecule has 0 saturated heterocycles. The van der Waals surface area contributed by atoms with Crippen molar-refractivity contribution >= 4 is 33.1 Å². The van der Waals surface area contributed by atoms with Gasteiger partial charge in [-0.05, 0) is 49.7 Å². The summed E-state index contributed by atoms with van der Waals surface area (Å²) in [5.41, 5.74) is 2.66. The quantitative estimate of drug-likeness (QED) is 0.664. The number of furan rings is 1. The van der Waals surface area contributed by atoms with E-state index in [-0.39, 0.29) is 10.7 Å². The summed E-state index contributed by atoms with van der Waals surface area (Å²) in [5, 5.41) is 2.67. The smallest absolute Gasteiger partial charge is 0.291 e. The van der Waals surface area contributed by atoms with Crippen molar-refractivity contribution in [2.45, 2.75) is 25.2 Å². The number of hydrogen-bond acceptors (Lipinski definition) is 5. The molecule has 1 aliphatic heterocycles. The van der Waals surface area contributed by atoms with E-state index in [1.165, 1.54) is 18.4 Å². The number of fused-ring (bicyclic) bond motifs is 1. The number of amidine groups is 1. The zero-order valence-electron chi connectivity index (χ0n) is 16.6. The van der Waals surface area contributed by atoms with Crippen LogP contribution in [0.15, 0.2) is 74.6 Å². The number of nitrogens with zero attached hydrogens (tertiary/aromatic N) is 2. The Kier molecular flexibility index (Phi) is 5.17. The standard InChI is InChI=1S/C22H21N3O4S/c1-3-11-25-18-10-9-17(23-22(26)19-8-5-12-29-19)14-20(18)30(27,28)24-21(25)16-7-4-6-15(2)13-16/h4-10,12-14H,3,11H2,1-2H3,(H,23,26). The fourth-order valence-corrected chi connectivity index (χ4v) is 4.64. The molecule has 154 valence electrons. The van der Waals surface area contributed by atoms with Crippen LogP contribution in [0.4, 0.5) is 11.4 Å². The maximum atomic E-state index is 13.0. The number of benzene rings is 2. The fourth-order valence-electron chi connectivity index (χ4n) is 3.39. The van der Waals surface area contributed by atoms with Gasteiger partial charge in [0.05, 0.1) is 12.0 Å². The molecule has 0 atom stereocenters. The minimum absolute atomic E-state index is 0.0598. The number of rotatable bonds is 5. The third kappa shape index (κ3) is 3.73. The number of carbonyl (C=O) groups excluding carboxylic acids is 1. The normalized spacial score (nSPS) is 14.7. The van der Waals surface area contributed by atoms with Crippen LogP contribution in [0.25, 0.3) is 0 Å². The number of amides is 1. The van der Waals surface area contributed by atoms with E-state index in [0.717, 1.165) is 17.5 Å². The van der Waals surface area contributed by atoms with Crippen LogP contribution in [0, 0.1) is 6.92 Å². The molecular weight excluding hydrogens is 402 g/mol. The van der Waals surface area contributed by atoms with Crippen LogP contribution in [0.1, 0.15) is 35.0 Å². The zero-order valence-corrected chi connectivity index (χ0v) is 17.4. The van der Waals surface area contributed by atoms with Gasteiger partial charge < -0.3 is 14.6 Å². The topological polar surface area (TPSA) is 92.0 Å². The van der Waals surface area contributed by atoms with Crippen LogP contribution in [0.5, 0.6) is 0 Å². The first-order valence-corrected chi connectivity index (χ1v) is 11.0. The van der Waals surface area contributed by atoms with E-state index in [1.54, 1.807) is 18.2 Å². The van der Waals surface area contributed by atoms with Gasteiger partial charge in [0.1, 0.15) is 4.90 Å². The lowest BCUT2D eigenvalue weighted by Gasteiger charge is -2.31. The predicted octanol–water partition coefficient (Wildman–Crippen LogP) is 4.21.